The lowest BCUT2D eigenvalue weighted by Gasteiger charge is -2.39. The van der Waals surface area contributed by atoms with Gasteiger partial charge in [0.05, 0.1) is 5.56 Å². The van der Waals surface area contributed by atoms with E-state index in [4.69, 9.17) is 9.47 Å². The summed E-state index contributed by atoms with van der Waals surface area (Å²) in [6.45, 7) is 4.23. The monoisotopic (exact) mass is 409 g/mol. The number of hydrogen-bond acceptors (Lipinski definition) is 6. The van der Waals surface area contributed by atoms with E-state index in [0.29, 0.717) is 41.3 Å². The molecule has 1 N–H and O–H groups in total. The standard InChI is InChI=1S/C22H23N3O5/c1-22(2)8-12-17(13(26)9-22)16(11-5-6-14-15(7-11)30-10-29-14)18-19(23-12)24(3)21(28)25(4)20(18)27/h5-7,16,23H,8-10H2,1-4H3/t16-/m0/s1. The van der Waals surface area contributed by atoms with E-state index in [-0.39, 0.29) is 18.0 Å². The number of ether oxygens (including phenoxy) is 2. The normalized spacial score (nSPS) is 21.2. The molecule has 1 aromatic carbocycles. The molecule has 8 heteroatoms. The van der Waals surface area contributed by atoms with Gasteiger partial charge in [0.2, 0.25) is 6.79 Å². The van der Waals surface area contributed by atoms with Crippen LogP contribution >= 0.6 is 0 Å². The minimum atomic E-state index is -0.583. The lowest BCUT2D eigenvalue weighted by Crippen LogP contribution is -2.45. The lowest BCUT2D eigenvalue weighted by atomic mass is 9.69. The number of ketones is 1. The van der Waals surface area contributed by atoms with E-state index in [9.17, 15) is 14.4 Å². The van der Waals surface area contributed by atoms with E-state index >= 15 is 0 Å². The van der Waals surface area contributed by atoms with Gasteiger partial charge in [-0.05, 0) is 29.5 Å². The van der Waals surface area contributed by atoms with Crippen LogP contribution < -0.4 is 26.0 Å². The molecule has 0 spiro atoms. The molecular formula is C22H23N3O5. The summed E-state index contributed by atoms with van der Waals surface area (Å²) in [5.74, 6) is 1.08. The molecule has 8 nitrogen and oxygen atoms in total. The van der Waals surface area contributed by atoms with Crippen molar-refractivity contribution in [2.24, 2.45) is 19.5 Å². The summed E-state index contributed by atoms with van der Waals surface area (Å²) in [6.07, 6.45) is 1.05. The maximum Gasteiger partial charge on any atom is 0.332 e. The molecule has 0 unspecified atom stereocenters. The first kappa shape index (κ1) is 18.7. The smallest absolute Gasteiger partial charge is 0.332 e. The molecule has 0 bridgehead atoms. The number of carbonyl (C=O) groups is 1. The van der Waals surface area contributed by atoms with Crippen molar-refractivity contribution in [2.75, 3.05) is 12.1 Å². The van der Waals surface area contributed by atoms with Gasteiger partial charge in [0, 0.05) is 37.7 Å². The van der Waals surface area contributed by atoms with E-state index in [2.05, 4.69) is 5.32 Å². The third-order valence-corrected chi connectivity index (χ3v) is 6.20. The molecule has 156 valence electrons. The van der Waals surface area contributed by atoms with Gasteiger partial charge in [-0.1, -0.05) is 19.9 Å². The molecule has 2 aromatic rings. The average Bonchev–Trinajstić information content (AvgIpc) is 3.16. The molecule has 0 saturated heterocycles. The fourth-order valence-electron chi connectivity index (χ4n) is 4.78. The van der Waals surface area contributed by atoms with Crippen molar-refractivity contribution < 1.29 is 14.3 Å². The molecule has 0 fully saturated rings. The van der Waals surface area contributed by atoms with Crippen LogP contribution in [-0.2, 0) is 18.9 Å². The van der Waals surface area contributed by atoms with Crippen molar-refractivity contribution in [2.45, 2.75) is 32.6 Å². The lowest BCUT2D eigenvalue weighted by molar-refractivity contribution is -0.118. The third-order valence-electron chi connectivity index (χ3n) is 6.20. The maximum atomic E-state index is 13.3. The number of hydrogen-bond donors (Lipinski definition) is 1. The summed E-state index contributed by atoms with van der Waals surface area (Å²) in [4.78, 5) is 39.1. The van der Waals surface area contributed by atoms with Crippen molar-refractivity contribution in [1.29, 1.82) is 0 Å². The van der Waals surface area contributed by atoms with Crippen LogP contribution in [0.1, 0.15) is 43.7 Å². The zero-order valence-electron chi connectivity index (χ0n) is 17.4. The number of nitrogens with zero attached hydrogens (tertiary/aromatic N) is 2. The van der Waals surface area contributed by atoms with Crippen molar-refractivity contribution >= 4 is 11.6 Å². The van der Waals surface area contributed by atoms with E-state index < -0.39 is 17.2 Å². The minimum Gasteiger partial charge on any atom is -0.454 e. The number of allylic oxidation sites excluding steroid dienone is 2. The average molecular weight is 409 g/mol. The molecule has 0 amide bonds. The highest BCUT2D eigenvalue weighted by Gasteiger charge is 2.43. The highest BCUT2D eigenvalue weighted by molar-refractivity contribution is 6.01. The van der Waals surface area contributed by atoms with Crippen molar-refractivity contribution in [1.82, 2.24) is 9.13 Å². The van der Waals surface area contributed by atoms with Gasteiger partial charge >= 0.3 is 5.69 Å². The Morgan fingerprint density at radius 3 is 2.53 bits per heavy atom. The zero-order chi connectivity index (χ0) is 21.4. The molecule has 2 aliphatic heterocycles. The third kappa shape index (κ3) is 2.56. The Balaban J connectivity index is 1.82. The predicted molar refractivity (Wildman–Crippen MR) is 110 cm³/mol. The van der Waals surface area contributed by atoms with E-state index in [1.807, 2.05) is 26.0 Å². The Labute approximate surface area is 172 Å². The second kappa shape index (κ2) is 6.10. The molecule has 1 atom stereocenters. The summed E-state index contributed by atoms with van der Waals surface area (Å²) in [6, 6.07) is 5.48. The summed E-state index contributed by atoms with van der Waals surface area (Å²) >= 11 is 0. The van der Waals surface area contributed by atoms with Crippen LogP contribution in [0.25, 0.3) is 0 Å². The quantitative estimate of drug-likeness (QED) is 0.775. The van der Waals surface area contributed by atoms with Gasteiger partial charge in [-0.3, -0.25) is 18.7 Å². The number of fused-ring (bicyclic) bond motifs is 2. The van der Waals surface area contributed by atoms with Crippen molar-refractivity contribution in [3.63, 3.8) is 0 Å². The Kier molecular flexibility index (Phi) is 3.81. The summed E-state index contributed by atoms with van der Waals surface area (Å²) in [5, 5.41) is 3.27. The molecule has 0 radical (unpaired) electrons. The van der Waals surface area contributed by atoms with Gasteiger partial charge in [0.25, 0.3) is 5.56 Å². The number of carbonyl (C=O) groups excluding carboxylic acids is 1. The first-order valence-corrected chi connectivity index (χ1v) is 9.91. The van der Waals surface area contributed by atoms with Crippen LogP contribution in [-0.4, -0.2) is 21.7 Å². The molecule has 0 saturated carbocycles. The number of benzene rings is 1. The molecule has 30 heavy (non-hydrogen) atoms. The fourth-order valence-corrected chi connectivity index (χ4v) is 4.78. The first-order valence-electron chi connectivity index (χ1n) is 9.91. The van der Waals surface area contributed by atoms with Crippen LogP contribution in [0.4, 0.5) is 5.82 Å². The molecule has 3 heterocycles. The number of nitrogens with one attached hydrogen (secondary N) is 1. The Morgan fingerprint density at radius 1 is 1.03 bits per heavy atom. The second-order valence-corrected chi connectivity index (χ2v) is 8.97. The Bertz CT molecular complexity index is 1260. The van der Waals surface area contributed by atoms with E-state index in [1.54, 1.807) is 13.1 Å². The summed E-state index contributed by atoms with van der Waals surface area (Å²) in [5.41, 5.74) is 1.49. The molecular weight excluding hydrogens is 386 g/mol. The molecule has 3 aliphatic rings. The van der Waals surface area contributed by atoms with Gasteiger partial charge in [-0.2, -0.15) is 0 Å². The highest BCUT2D eigenvalue weighted by Crippen LogP contribution is 2.48. The van der Waals surface area contributed by atoms with E-state index in [0.717, 1.165) is 15.8 Å². The van der Waals surface area contributed by atoms with Crippen molar-refractivity contribution in [3.05, 3.63) is 61.4 Å². The summed E-state index contributed by atoms with van der Waals surface area (Å²) in [7, 11) is 3.09. The minimum absolute atomic E-state index is 0.0120. The van der Waals surface area contributed by atoms with Gasteiger partial charge < -0.3 is 14.8 Å². The second-order valence-electron chi connectivity index (χ2n) is 8.97. The van der Waals surface area contributed by atoms with Gasteiger partial charge in [-0.25, -0.2) is 4.79 Å². The summed E-state index contributed by atoms with van der Waals surface area (Å²) < 4.78 is 13.5. The van der Waals surface area contributed by atoms with Crippen LogP contribution in [0, 0.1) is 5.41 Å². The van der Waals surface area contributed by atoms with Gasteiger partial charge in [-0.15, -0.1) is 0 Å². The van der Waals surface area contributed by atoms with Crippen LogP contribution in [0.15, 0.2) is 39.1 Å². The van der Waals surface area contributed by atoms with Crippen LogP contribution in [0.2, 0.25) is 0 Å². The van der Waals surface area contributed by atoms with Gasteiger partial charge in [0.1, 0.15) is 5.82 Å². The number of aromatic nitrogens is 2. The number of rotatable bonds is 1. The molecule has 5 rings (SSSR count). The predicted octanol–water partition coefficient (Wildman–Crippen LogP) is 2.01. The Morgan fingerprint density at radius 2 is 1.77 bits per heavy atom. The fraction of sp³-hybridized carbons (Fsp3) is 0.409. The van der Waals surface area contributed by atoms with Gasteiger partial charge in [0.15, 0.2) is 17.3 Å². The highest BCUT2D eigenvalue weighted by atomic mass is 16.7. The molecule has 1 aliphatic carbocycles. The topological polar surface area (TPSA) is 91.6 Å². The van der Waals surface area contributed by atoms with Crippen LogP contribution in [0.5, 0.6) is 11.5 Å². The Hall–Kier alpha value is -3.29. The zero-order valence-corrected chi connectivity index (χ0v) is 17.4. The van der Waals surface area contributed by atoms with Crippen molar-refractivity contribution in [3.8, 4) is 11.5 Å². The van der Waals surface area contributed by atoms with E-state index in [1.165, 1.54) is 11.6 Å². The first-order chi connectivity index (χ1) is 14.2. The number of Topliss-reactive ketones (excluding diaryl/α,β-unsaturated/α-hetero) is 1. The molecule has 1 aromatic heterocycles. The largest absolute Gasteiger partial charge is 0.454 e. The van der Waals surface area contributed by atoms with Crippen LogP contribution in [0.3, 0.4) is 0 Å². The SMILES string of the molecule is Cn1c2c(c(=O)n(C)c1=O)[C@@H](c1ccc3c(c1)OCO3)C1=C(CC(C)(C)CC1=O)N2. The number of anilines is 1. The maximum absolute atomic E-state index is 13.3.